The highest BCUT2D eigenvalue weighted by atomic mass is 32.2. The normalized spacial score (nSPS) is 16.2. The summed E-state index contributed by atoms with van der Waals surface area (Å²) in [6.07, 6.45) is 4.04. The van der Waals surface area contributed by atoms with Crippen molar-refractivity contribution in [1.82, 2.24) is 4.90 Å². The molecule has 32 heavy (non-hydrogen) atoms. The average Bonchev–Trinajstić information content (AvgIpc) is 3.12. The van der Waals surface area contributed by atoms with Crippen molar-refractivity contribution in [2.75, 3.05) is 44.3 Å². The molecule has 2 aliphatic heterocycles. The summed E-state index contributed by atoms with van der Waals surface area (Å²) in [7, 11) is -2.50. The van der Waals surface area contributed by atoms with Crippen molar-refractivity contribution in [3.05, 3.63) is 42.5 Å². The van der Waals surface area contributed by atoms with Crippen LogP contribution in [0.1, 0.15) is 25.7 Å². The first kappa shape index (κ1) is 22.3. The number of amides is 1. The van der Waals surface area contributed by atoms with Gasteiger partial charge in [0.25, 0.3) is 10.0 Å². The van der Waals surface area contributed by atoms with Gasteiger partial charge in [-0.05, 0) is 49.2 Å². The van der Waals surface area contributed by atoms with Gasteiger partial charge >= 0.3 is 0 Å². The maximum atomic E-state index is 13.7. The lowest BCUT2D eigenvalue weighted by Gasteiger charge is -2.28. The Morgan fingerprint density at radius 3 is 2.28 bits per heavy atom. The number of nitrogens with zero attached hydrogens (tertiary/aromatic N) is 2. The van der Waals surface area contributed by atoms with Crippen LogP contribution in [-0.4, -0.2) is 59.2 Å². The zero-order valence-corrected chi connectivity index (χ0v) is 19.0. The fraction of sp³-hybridized carbons (Fsp3) is 0.435. The Morgan fingerprint density at radius 2 is 1.62 bits per heavy atom. The third-order valence-corrected chi connectivity index (χ3v) is 7.47. The van der Waals surface area contributed by atoms with Crippen LogP contribution in [0, 0.1) is 0 Å². The predicted molar refractivity (Wildman–Crippen MR) is 120 cm³/mol. The molecule has 2 aromatic rings. The third kappa shape index (κ3) is 4.77. The van der Waals surface area contributed by atoms with Gasteiger partial charge in [-0.15, -0.1) is 0 Å². The minimum Gasteiger partial charge on any atom is -0.497 e. The standard InChI is InChI=1S/C23H28N2O6S/c1-29-19-8-6-18(7-9-19)25(17-23(26)24-12-4-2-3-5-13-24)32(27,28)20-10-11-21-22(16-20)31-15-14-30-21/h6-11,16H,2-5,12-15,17H2,1H3. The van der Waals surface area contributed by atoms with Crippen molar-refractivity contribution in [2.24, 2.45) is 0 Å². The fourth-order valence-electron chi connectivity index (χ4n) is 3.92. The molecule has 1 fully saturated rings. The molecule has 0 unspecified atom stereocenters. The monoisotopic (exact) mass is 460 g/mol. The molecule has 0 spiro atoms. The first-order chi connectivity index (χ1) is 15.5. The highest BCUT2D eigenvalue weighted by Crippen LogP contribution is 2.34. The van der Waals surface area contributed by atoms with E-state index in [4.69, 9.17) is 14.2 Å². The quantitative estimate of drug-likeness (QED) is 0.659. The molecule has 4 rings (SSSR count). The van der Waals surface area contributed by atoms with Crippen molar-refractivity contribution >= 4 is 21.6 Å². The molecule has 2 aromatic carbocycles. The van der Waals surface area contributed by atoms with Gasteiger partial charge in [0.05, 0.1) is 17.7 Å². The van der Waals surface area contributed by atoms with Gasteiger partial charge in [0.15, 0.2) is 11.5 Å². The first-order valence-corrected chi connectivity index (χ1v) is 12.3. The lowest BCUT2D eigenvalue weighted by molar-refractivity contribution is -0.129. The molecular formula is C23H28N2O6S. The maximum absolute atomic E-state index is 13.7. The van der Waals surface area contributed by atoms with Crippen LogP contribution in [0.2, 0.25) is 0 Å². The topological polar surface area (TPSA) is 85.4 Å². The molecule has 0 N–H and O–H groups in total. The minimum absolute atomic E-state index is 0.0428. The average molecular weight is 461 g/mol. The fourth-order valence-corrected chi connectivity index (χ4v) is 5.35. The second-order valence-electron chi connectivity index (χ2n) is 7.81. The van der Waals surface area contributed by atoms with Gasteiger partial charge in [0.2, 0.25) is 5.91 Å². The number of hydrogen-bond donors (Lipinski definition) is 0. The van der Waals surface area contributed by atoms with E-state index in [9.17, 15) is 13.2 Å². The molecule has 8 nitrogen and oxygen atoms in total. The molecule has 1 amide bonds. The SMILES string of the molecule is COc1ccc(N(CC(=O)N2CCCCCC2)S(=O)(=O)c2ccc3c(c2)OCCO3)cc1. The van der Waals surface area contributed by atoms with E-state index in [1.165, 1.54) is 12.1 Å². The minimum atomic E-state index is -4.04. The van der Waals surface area contributed by atoms with E-state index < -0.39 is 10.0 Å². The molecule has 0 aliphatic carbocycles. The number of carbonyl (C=O) groups excluding carboxylic acids is 1. The van der Waals surface area contributed by atoms with E-state index in [2.05, 4.69) is 0 Å². The van der Waals surface area contributed by atoms with Gasteiger partial charge in [-0.3, -0.25) is 9.10 Å². The molecule has 2 aliphatic rings. The number of rotatable bonds is 6. The smallest absolute Gasteiger partial charge is 0.264 e. The molecule has 172 valence electrons. The molecular weight excluding hydrogens is 432 g/mol. The number of methoxy groups -OCH3 is 1. The third-order valence-electron chi connectivity index (χ3n) is 5.70. The van der Waals surface area contributed by atoms with Crippen LogP contribution in [0.5, 0.6) is 17.2 Å². The van der Waals surface area contributed by atoms with E-state index in [1.807, 2.05) is 0 Å². The molecule has 9 heteroatoms. The van der Waals surface area contributed by atoms with Crippen LogP contribution < -0.4 is 18.5 Å². The summed E-state index contributed by atoms with van der Waals surface area (Å²) in [5, 5.41) is 0. The van der Waals surface area contributed by atoms with Crippen molar-refractivity contribution in [2.45, 2.75) is 30.6 Å². The summed E-state index contributed by atoms with van der Waals surface area (Å²) in [6.45, 7) is 1.80. The van der Waals surface area contributed by atoms with E-state index in [-0.39, 0.29) is 17.3 Å². The van der Waals surface area contributed by atoms with Crippen LogP contribution in [0.4, 0.5) is 5.69 Å². The Kier molecular flexibility index (Phi) is 6.74. The number of likely N-dealkylation sites (tertiary alicyclic amines) is 1. The molecule has 0 bridgehead atoms. The summed E-state index contributed by atoms with van der Waals surface area (Å²) in [5.41, 5.74) is 0.392. The van der Waals surface area contributed by atoms with E-state index >= 15 is 0 Å². The van der Waals surface area contributed by atoms with Crippen LogP contribution >= 0.6 is 0 Å². The number of anilines is 1. The number of benzene rings is 2. The van der Waals surface area contributed by atoms with E-state index in [1.54, 1.807) is 42.3 Å². The zero-order valence-electron chi connectivity index (χ0n) is 18.2. The molecule has 0 aromatic heterocycles. The van der Waals surface area contributed by atoms with Gasteiger partial charge < -0.3 is 19.1 Å². The molecule has 2 heterocycles. The lowest BCUT2D eigenvalue weighted by Crippen LogP contribution is -2.43. The molecule has 0 atom stereocenters. The molecule has 1 saturated heterocycles. The highest BCUT2D eigenvalue weighted by molar-refractivity contribution is 7.92. The van der Waals surface area contributed by atoms with Gasteiger partial charge in [0, 0.05) is 19.2 Å². The van der Waals surface area contributed by atoms with Crippen LogP contribution in [0.15, 0.2) is 47.4 Å². The Morgan fingerprint density at radius 1 is 0.969 bits per heavy atom. The van der Waals surface area contributed by atoms with E-state index in [0.717, 1.165) is 30.0 Å². The summed E-state index contributed by atoms with van der Waals surface area (Å²) < 4.78 is 44.8. The Bertz CT molecular complexity index is 1050. The van der Waals surface area contributed by atoms with Crippen molar-refractivity contribution in [3.63, 3.8) is 0 Å². The Hall–Kier alpha value is -2.94. The lowest BCUT2D eigenvalue weighted by atomic mass is 10.2. The van der Waals surface area contributed by atoms with Crippen molar-refractivity contribution < 1.29 is 27.4 Å². The van der Waals surface area contributed by atoms with E-state index in [0.29, 0.717) is 49.2 Å². The maximum Gasteiger partial charge on any atom is 0.264 e. The number of ether oxygens (including phenoxy) is 3. The first-order valence-electron chi connectivity index (χ1n) is 10.8. The summed E-state index contributed by atoms with van der Waals surface area (Å²) in [4.78, 5) is 14.9. The number of hydrogen-bond acceptors (Lipinski definition) is 6. The number of carbonyl (C=O) groups is 1. The zero-order chi connectivity index (χ0) is 22.6. The predicted octanol–water partition coefficient (Wildman–Crippen LogP) is 3.06. The number of fused-ring (bicyclic) bond motifs is 1. The molecule has 0 saturated carbocycles. The Labute approximate surface area is 188 Å². The van der Waals surface area contributed by atoms with Gasteiger partial charge in [0.1, 0.15) is 25.5 Å². The summed E-state index contributed by atoms with van der Waals surface area (Å²) in [6, 6.07) is 11.2. The Balaban J connectivity index is 1.68. The summed E-state index contributed by atoms with van der Waals surface area (Å²) in [5.74, 6) is 1.28. The summed E-state index contributed by atoms with van der Waals surface area (Å²) >= 11 is 0. The largest absolute Gasteiger partial charge is 0.497 e. The molecule has 0 radical (unpaired) electrons. The van der Waals surface area contributed by atoms with Crippen LogP contribution in [-0.2, 0) is 14.8 Å². The van der Waals surface area contributed by atoms with Crippen molar-refractivity contribution in [1.29, 1.82) is 0 Å². The second kappa shape index (κ2) is 9.68. The highest BCUT2D eigenvalue weighted by Gasteiger charge is 2.30. The van der Waals surface area contributed by atoms with Crippen LogP contribution in [0.25, 0.3) is 0 Å². The van der Waals surface area contributed by atoms with Gasteiger partial charge in [-0.25, -0.2) is 8.42 Å². The second-order valence-corrected chi connectivity index (χ2v) is 9.67. The van der Waals surface area contributed by atoms with Gasteiger partial charge in [-0.1, -0.05) is 12.8 Å². The van der Waals surface area contributed by atoms with Crippen molar-refractivity contribution in [3.8, 4) is 17.2 Å². The number of sulfonamides is 1. The van der Waals surface area contributed by atoms with Gasteiger partial charge in [-0.2, -0.15) is 0 Å². The van der Waals surface area contributed by atoms with Crippen LogP contribution in [0.3, 0.4) is 0 Å².